The number of hydrogen-bond donors (Lipinski definition) is 0. The van der Waals surface area contributed by atoms with Crippen LogP contribution in [0, 0.1) is 0 Å². The number of rotatable bonds is 6. The molecule has 0 nitrogen and oxygen atoms in total. The second-order valence-corrected chi connectivity index (χ2v) is 12.8. The minimum atomic E-state index is 1.20. The van der Waals surface area contributed by atoms with E-state index in [0.717, 1.165) is 0 Å². The molecule has 0 N–H and O–H groups in total. The van der Waals surface area contributed by atoms with Gasteiger partial charge in [-0.25, -0.2) is 0 Å². The van der Waals surface area contributed by atoms with Crippen LogP contribution in [0.2, 0.25) is 0 Å². The summed E-state index contributed by atoms with van der Waals surface area (Å²) in [6, 6.07) is 74.9. The van der Waals surface area contributed by atoms with E-state index in [0.29, 0.717) is 0 Å². The van der Waals surface area contributed by atoms with Crippen molar-refractivity contribution in [3.63, 3.8) is 0 Å². The van der Waals surface area contributed by atoms with Gasteiger partial charge < -0.3 is 0 Å². The Morgan fingerprint density at radius 1 is 0.180 bits per heavy atom. The van der Waals surface area contributed by atoms with Crippen molar-refractivity contribution in [2.75, 3.05) is 0 Å². The van der Waals surface area contributed by atoms with Gasteiger partial charge in [-0.3, -0.25) is 0 Å². The Kier molecular flexibility index (Phi) is 7.61. The Morgan fingerprint density at radius 3 is 1.08 bits per heavy atom. The van der Waals surface area contributed by atoms with Gasteiger partial charge in [0, 0.05) is 0 Å². The van der Waals surface area contributed by atoms with Gasteiger partial charge in [0.05, 0.1) is 0 Å². The first-order valence-electron chi connectivity index (χ1n) is 17.3. The smallest absolute Gasteiger partial charge is 0.00261 e. The fourth-order valence-corrected chi connectivity index (χ4v) is 7.59. The average Bonchev–Trinajstić information content (AvgIpc) is 3.21. The minimum Gasteiger partial charge on any atom is -0.0622 e. The highest BCUT2D eigenvalue weighted by atomic mass is 14.2. The van der Waals surface area contributed by atoms with Crippen LogP contribution in [0.15, 0.2) is 206 Å². The fourth-order valence-electron chi connectivity index (χ4n) is 7.59. The van der Waals surface area contributed by atoms with E-state index < -0.39 is 0 Å². The molecule has 0 saturated carbocycles. The molecule has 0 heteroatoms. The van der Waals surface area contributed by atoms with Gasteiger partial charge in [-0.05, 0) is 94.4 Å². The predicted molar refractivity (Wildman–Crippen MR) is 214 cm³/mol. The number of hydrogen-bond acceptors (Lipinski definition) is 0. The molecule has 234 valence electrons. The van der Waals surface area contributed by atoms with Crippen molar-refractivity contribution in [1.29, 1.82) is 0 Å². The zero-order valence-corrected chi connectivity index (χ0v) is 27.6. The Balaban J connectivity index is 1.29. The molecule has 9 rings (SSSR count). The van der Waals surface area contributed by atoms with E-state index in [1.165, 1.54) is 88.3 Å². The Bertz CT molecular complexity index is 2540. The van der Waals surface area contributed by atoms with Crippen LogP contribution in [0.1, 0.15) is 0 Å². The van der Waals surface area contributed by atoms with Crippen LogP contribution in [0.4, 0.5) is 0 Å². The molecule has 9 aromatic rings. The van der Waals surface area contributed by atoms with Crippen LogP contribution in [-0.4, -0.2) is 0 Å². The molecule has 0 unspecified atom stereocenters. The van der Waals surface area contributed by atoms with Crippen LogP contribution in [0.25, 0.3) is 88.3 Å². The molecule has 0 aliphatic rings. The zero-order chi connectivity index (χ0) is 33.3. The third-order valence-corrected chi connectivity index (χ3v) is 9.91. The standard InChI is InChI=1S/C50H34/c1-4-16-35(17-5-1)36-28-30-38(31-29-36)41-22-10-11-23-43(41)48-34-40(32-33-42(48)37-18-6-2-7-19-37)50-46-26-14-12-24-44(46)49(39-20-8-3-9-21-39)45-25-13-15-27-47(45)50/h1-34H. The molecule has 0 heterocycles. The van der Waals surface area contributed by atoms with Crippen LogP contribution in [0.5, 0.6) is 0 Å². The normalized spacial score (nSPS) is 11.2. The molecule has 0 bridgehead atoms. The predicted octanol–water partition coefficient (Wildman–Crippen LogP) is 14.0. The Morgan fingerprint density at radius 2 is 0.520 bits per heavy atom. The molecule has 0 aromatic heterocycles. The van der Waals surface area contributed by atoms with Crippen LogP contribution in [-0.2, 0) is 0 Å². The van der Waals surface area contributed by atoms with Crippen molar-refractivity contribution < 1.29 is 0 Å². The van der Waals surface area contributed by atoms with E-state index in [1.54, 1.807) is 0 Å². The summed E-state index contributed by atoms with van der Waals surface area (Å²) in [5.74, 6) is 0. The molecule has 0 atom stereocenters. The molecule has 50 heavy (non-hydrogen) atoms. The molecule has 0 aliphatic heterocycles. The fraction of sp³-hybridized carbons (Fsp3) is 0. The van der Waals surface area contributed by atoms with Crippen molar-refractivity contribution in [2.24, 2.45) is 0 Å². The first-order valence-corrected chi connectivity index (χ1v) is 17.3. The Hall–Kier alpha value is -6.50. The average molecular weight is 635 g/mol. The maximum atomic E-state index is 2.43. The van der Waals surface area contributed by atoms with Gasteiger partial charge in [0.25, 0.3) is 0 Å². The molecule has 0 fully saturated rings. The van der Waals surface area contributed by atoms with Crippen molar-refractivity contribution >= 4 is 21.5 Å². The van der Waals surface area contributed by atoms with Gasteiger partial charge in [0.15, 0.2) is 0 Å². The molecule has 0 radical (unpaired) electrons. The minimum absolute atomic E-state index is 1.20. The summed E-state index contributed by atoms with van der Waals surface area (Å²) in [6.45, 7) is 0. The summed E-state index contributed by atoms with van der Waals surface area (Å²) >= 11 is 0. The van der Waals surface area contributed by atoms with Crippen molar-refractivity contribution in [2.45, 2.75) is 0 Å². The summed E-state index contributed by atoms with van der Waals surface area (Å²) in [4.78, 5) is 0. The first kappa shape index (κ1) is 29.6. The third-order valence-electron chi connectivity index (χ3n) is 9.91. The molecule has 9 aromatic carbocycles. The van der Waals surface area contributed by atoms with E-state index in [2.05, 4.69) is 206 Å². The monoisotopic (exact) mass is 634 g/mol. The zero-order valence-electron chi connectivity index (χ0n) is 27.6. The number of benzene rings is 9. The lowest BCUT2D eigenvalue weighted by Crippen LogP contribution is -1.93. The van der Waals surface area contributed by atoms with Gasteiger partial charge >= 0.3 is 0 Å². The second-order valence-electron chi connectivity index (χ2n) is 12.8. The summed E-state index contributed by atoms with van der Waals surface area (Å²) in [5.41, 5.74) is 14.7. The lowest BCUT2D eigenvalue weighted by molar-refractivity contribution is 1.55. The highest BCUT2D eigenvalue weighted by Crippen LogP contribution is 2.46. The summed E-state index contributed by atoms with van der Waals surface area (Å²) in [5, 5.41) is 5.04. The molecule has 0 aliphatic carbocycles. The van der Waals surface area contributed by atoms with E-state index in [9.17, 15) is 0 Å². The van der Waals surface area contributed by atoms with Gasteiger partial charge in [-0.2, -0.15) is 0 Å². The highest BCUT2D eigenvalue weighted by Gasteiger charge is 2.19. The SMILES string of the molecule is c1ccc(-c2ccc(-c3ccccc3-c3cc(-c4c5ccccc5c(-c5ccccc5)c5ccccc45)ccc3-c3ccccc3)cc2)cc1. The van der Waals surface area contributed by atoms with E-state index in [1.807, 2.05) is 0 Å². The second kappa shape index (κ2) is 12.8. The molecular weight excluding hydrogens is 601 g/mol. The van der Waals surface area contributed by atoms with Gasteiger partial charge in [-0.15, -0.1) is 0 Å². The van der Waals surface area contributed by atoms with Crippen molar-refractivity contribution in [3.05, 3.63) is 206 Å². The van der Waals surface area contributed by atoms with Crippen LogP contribution < -0.4 is 0 Å². The van der Waals surface area contributed by atoms with Crippen molar-refractivity contribution in [3.8, 4) is 66.8 Å². The van der Waals surface area contributed by atoms with Crippen LogP contribution >= 0.6 is 0 Å². The van der Waals surface area contributed by atoms with Gasteiger partial charge in [-0.1, -0.05) is 200 Å². The van der Waals surface area contributed by atoms with Crippen LogP contribution in [0.3, 0.4) is 0 Å². The molecular formula is C50H34. The lowest BCUT2D eigenvalue weighted by Gasteiger charge is -2.20. The third kappa shape index (κ3) is 5.28. The Labute approximate surface area is 293 Å². The summed E-state index contributed by atoms with van der Waals surface area (Å²) < 4.78 is 0. The largest absolute Gasteiger partial charge is 0.0622 e. The first-order chi connectivity index (χ1) is 24.8. The maximum absolute atomic E-state index is 2.43. The van der Waals surface area contributed by atoms with E-state index >= 15 is 0 Å². The maximum Gasteiger partial charge on any atom is -0.00261 e. The quantitative estimate of drug-likeness (QED) is 0.160. The molecule has 0 spiro atoms. The lowest BCUT2D eigenvalue weighted by atomic mass is 9.83. The summed E-state index contributed by atoms with van der Waals surface area (Å²) in [7, 11) is 0. The van der Waals surface area contributed by atoms with Gasteiger partial charge in [0.2, 0.25) is 0 Å². The van der Waals surface area contributed by atoms with Gasteiger partial charge in [0.1, 0.15) is 0 Å². The summed E-state index contributed by atoms with van der Waals surface area (Å²) in [6.07, 6.45) is 0. The molecule has 0 amide bonds. The van der Waals surface area contributed by atoms with E-state index in [4.69, 9.17) is 0 Å². The van der Waals surface area contributed by atoms with Crippen molar-refractivity contribution in [1.82, 2.24) is 0 Å². The topological polar surface area (TPSA) is 0 Å². The molecule has 0 saturated heterocycles. The number of fused-ring (bicyclic) bond motifs is 2. The van der Waals surface area contributed by atoms with E-state index in [-0.39, 0.29) is 0 Å². The highest BCUT2D eigenvalue weighted by molar-refractivity contribution is 6.21.